The second kappa shape index (κ2) is 8.56. The summed E-state index contributed by atoms with van der Waals surface area (Å²) in [4.78, 5) is 0.0690. The largest absolute Gasteiger partial charge is 0.329 e. The van der Waals surface area contributed by atoms with Crippen LogP contribution in [0.3, 0.4) is 0 Å². The molecule has 0 aliphatic heterocycles. The highest BCUT2D eigenvalue weighted by molar-refractivity contribution is 9.10. The summed E-state index contributed by atoms with van der Waals surface area (Å²) in [7, 11) is -3.65. The molecule has 3 N–H and O–H groups in total. The van der Waals surface area contributed by atoms with Crippen molar-refractivity contribution in [3.05, 3.63) is 27.7 Å². The predicted octanol–water partition coefficient (Wildman–Crippen LogP) is 3.18. The van der Waals surface area contributed by atoms with Crippen LogP contribution in [0.5, 0.6) is 0 Å². The summed E-state index contributed by atoms with van der Waals surface area (Å²) in [5.74, 6) is 0.358. The van der Waals surface area contributed by atoms with E-state index in [0.29, 0.717) is 12.3 Å². The molecule has 8 heteroatoms. The topological polar surface area (TPSA) is 72.2 Å². The lowest BCUT2D eigenvalue weighted by Crippen LogP contribution is -2.41. The van der Waals surface area contributed by atoms with Crippen molar-refractivity contribution in [2.45, 2.75) is 31.2 Å². The predicted molar refractivity (Wildman–Crippen MR) is 89.0 cm³/mol. The van der Waals surface area contributed by atoms with Crippen LogP contribution >= 0.6 is 39.9 Å². The van der Waals surface area contributed by atoms with Crippen LogP contribution in [-0.2, 0) is 10.0 Å². The van der Waals surface area contributed by atoms with Crippen molar-refractivity contribution in [2.24, 2.45) is 11.7 Å². The van der Waals surface area contributed by atoms with Gasteiger partial charge >= 0.3 is 0 Å². The van der Waals surface area contributed by atoms with E-state index in [1.165, 1.54) is 6.07 Å². The summed E-state index contributed by atoms with van der Waals surface area (Å²) in [6.07, 6.45) is 0.684. The second-order valence-corrected chi connectivity index (χ2v) is 7.76. The Morgan fingerprint density at radius 2 is 2.00 bits per heavy atom. The van der Waals surface area contributed by atoms with Gasteiger partial charge in [0.25, 0.3) is 0 Å². The molecule has 1 rings (SSSR count). The zero-order valence-corrected chi connectivity index (χ0v) is 15.2. The van der Waals surface area contributed by atoms with E-state index >= 15 is 0 Å². The van der Waals surface area contributed by atoms with E-state index in [0.717, 1.165) is 4.47 Å². The molecule has 0 radical (unpaired) electrons. The molecule has 0 aliphatic rings. The molecule has 0 fully saturated rings. The number of rotatable bonds is 6. The Labute approximate surface area is 140 Å². The summed E-state index contributed by atoms with van der Waals surface area (Å²) in [5.41, 5.74) is 5.60. The van der Waals surface area contributed by atoms with E-state index in [4.69, 9.17) is 17.3 Å². The molecule has 20 heavy (non-hydrogen) atoms. The van der Waals surface area contributed by atoms with Crippen molar-refractivity contribution in [3.63, 3.8) is 0 Å². The van der Waals surface area contributed by atoms with Gasteiger partial charge in [-0.1, -0.05) is 41.4 Å². The van der Waals surface area contributed by atoms with Crippen molar-refractivity contribution in [3.8, 4) is 0 Å². The van der Waals surface area contributed by atoms with Gasteiger partial charge in [-0.25, -0.2) is 13.1 Å². The molecule has 1 atom stereocenters. The van der Waals surface area contributed by atoms with Gasteiger partial charge in [0.1, 0.15) is 4.90 Å². The molecule has 0 heterocycles. The molecule has 1 aromatic carbocycles. The maximum absolute atomic E-state index is 12.2. The maximum atomic E-state index is 12.2. The van der Waals surface area contributed by atoms with Gasteiger partial charge in [-0.3, -0.25) is 0 Å². The summed E-state index contributed by atoms with van der Waals surface area (Å²) < 4.78 is 27.8. The first-order valence-corrected chi connectivity index (χ1v) is 8.59. The van der Waals surface area contributed by atoms with Crippen molar-refractivity contribution in [1.29, 1.82) is 0 Å². The molecule has 0 saturated carbocycles. The number of hydrogen-bond acceptors (Lipinski definition) is 3. The first-order chi connectivity index (χ1) is 8.76. The smallest absolute Gasteiger partial charge is 0.242 e. The molecular formula is C12H19BrCl2N2O2S. The molecule has 116 valence electrons. The lowest BCUT2D eigenvalue weighted by Gasteiger charge is -2.19. The molecule has 0 aliphatic carbocycles. The fraction of sp³-hybridized carbons (Fsp3) is 0.500. The van der Waals surface area contributed by atoms with Crippen molar-refractivity contribution in [1.82, 2.24) is 4.72 Å². The Bertz CT molecular complexity index is 538. The third-order valence-electron chi connectivity index (χ3n) is 2.55. The molecule has 0 aromatic heterocycles. The van der Waals surface area contributed by atoms with Gasteiger partial charge in [0, 0.05) is 17.1 Å². The second-order valence-electron chi connectivity index (χ2n) is 4.76. The summed E-state index contributed by atoms with van der Waals surface area (Å²) in [5, 5.41) is 0.183. The normalized spacial score (nSPS) is 13.1. The minimum Gasteiger partial charge on any atom is -0.329 e. The Balaban J connectivity index is 0.00000361. The van der Waals surface area contributed by atoms with E-state index < -0.39 is 10.0 Å². The molecule has 0 spiro atoms. The molecule has 0 bridgehead atoms. The Kier molecular flexibility index (Phi) is 8.62. The molecule has 0 saturated heterocycles. The molecular weight excluding hydrogens is 387 g/mol. The minimum absolute atomic E-state index is 0. The highest BCUT2D eigenvalue weighted by Crippen LogP contribution is 2.25. The number of nitrogens with one attached hydrogen (secondary N) is 1. The monoisotopic (exact) mass is 404 g/mol. The molecule has 0 amide bonds. The zero-order valence-electron chi connectivity index (χ0n) is 11.3. The first kappa shape index (κ1) is 20.1. The van der Waals surface area contributed by atoms with Gasteiger partial charge in [0.15, 0.2) is 0 Å². The number of sulfonamides is 1. The SMILES string of the molecule is CC(C)CC(CN)NS(=O)(=O)c1ccc(Br)cc1Cl.Cl. The Hall–Kier alpha value is 0.150. The van der Waals surface area contributed by atoms with Crippen molar-refractivity contribution in [2.75, 3.05) is 6.54 Å². The van der Waals surface area contributed by atoms with Crippen LogP contribution in [0.15, 0.2) is 27.6 Å². The standard InChI is InChI=1S/C12H18BrClN2O2S.ClH/c1-8(2)5-10(7-15)16-19(17,18)12-4-3-9(13)6-11(12)14;/h3-4,6,8,10,16H,5,7,15H2,1-2H3;1H. The fourth-order valence-corrected chi connectivity index (χ4v) is 4.04. The lowest BCUT2D eigenvalue weighted by atomic mass is 10.1. The van der Waals surface area contributed by atoms with Gasteiger partial charge < -0.3 is 5.73 Å². The summed E-state index contributed by atoms with van der Waals surface area (Å²) in [6.45, 7) is 4.29. The van der Waals surface area contributed by atoms with E-state index in [1.807, 2.05) is 13.8 Å². The minimum atomic E-state index is -3.65. The first-order valence-electron chi connectivity index (χ1n) is 5.93. The quantitative estimate of drug-likeness (QED) is 0.763. The highest BCUT2D eigenvalue weighted by atomic mass is 79.9. The van der Waals surface area contributed by atoms with Crippen LogP contribution in [0.1, 0.15) is 20.3 Å². The third-order valence-corrected chi connectivity index (χ3v) is 5.04. The van der Waals surface area contributed by atoms with Gasteiger partial charge in [-0.15, -0.1) is 12.4 Å². The van der Waals surface area contributed by atoms with Crippen LogP contribution in [0.2, 0.25) is 5.02 Å². The van der Waals surface area contributed by atoms with E-state index in [2.05, 4.69) is 20.7 Å². The van der Waals surface area contributed by atoms with Gasteiger partial charge in [-0.05, 0) is 30.5 Å². The fourth-order valence-electron chi connectivity index (χ4n) is 1.74. The number of halogens is 3. The van der Waals surface area contributed by atoms with E-state index in [9.17, 15) is 8.42 Å². The third kappa shape index (κ3) is 5.87. The average molecular weight is 406 g/mol. The van der Waals surface area contributed by atoms with E-state index in [-0.39, 0.29) is 34.9 Å². The zero-order chi connectivity index (χ0) is 14.6. The van der Waals surface area contributed by atoms with Crippen LogP contribution in [0, 0.1) is 5.92 Å². The number of nitrogens with two attached hydrogens (primary N) is 1. The van der Waals surface area contributed by atoms with E-state index in [1.54, 1.807) is 12.1 Å². The summed E-state index contributed by atoms with van der Waals surface area (Å²) in [6, 6.07) is 4.37. The van der Waals surface area contributed by atoms with Crippen molar-refractivity contribution >= 4 is 50.0 Å². The van der Waals surface area contributed by atoms with Crippen LogP contribution < -0.4 is 10.5 Å². The number of benzene rings is 1. The van der Waals surface area contributed by atoms with Crippen LogP contribution in [0.25, 0.3) is 0 Å². The molecule has 1 unspecified atom stereocenters. The van der Waals surface area contributed by atoms with Gasteiger partial charge in [-0.2, -0.15) is 0 Å². The summed E-state index contributed by atoms with van der Waals surface area (Å²) >= 11 is 9.21. The van der Waals surface area contributed by atoms with Crippen LogP contribution in [-0.4, -0.2) is 21.0 Å². The highest BCUT2D eigenvalue weighted by Gasteiger charge is 2.22. The average Bonchev–Trinajstić information content (AvgIpc) is 2.26. The Morgan fingerprint density at radius 1 is 1.40 bits per heavy atom. The van der Waals surface area contributed by atoms with Gasteiger partial charge in [0.05, 0.1) is 5.02 Å². The van der Waals surface area contributed by atoms with Gasteiger partial charge in [0.2, 0.25) is 10.0 Å². The molecule has 4 nitrogen and oxygen atoms in total. The number of hydrogen-bond donors (Lipinski definition) is 2. The Morgan fingerprint density at radius 3 is 2.45 bits per heavy atom. The van der Waals surface area contributed by atoms with Crippen molar-refractivity contribution < 1.29 is 8.42 Å². The lowest BCUT2D eigenvalue weighted by molar-refractivity contribution is 0.465. The maximum Gasteiger partial charge on any atom is 0.242 e. The van der Waals surface area contributed by atoms with Crippen LogP contribution in [0.4, 0.5) is 0 Å². The molecule has 1 aromatic rings.